The summed E-state index contributed by atoms with van der Waals surface area (Å²) in [5, 5.41) is 37.9. The molecule has 0 aromatic heterocycles. The van der Waals surface area contributed by atoms with Gasteiger partial charge in [0.25, 0.3) is 0 Å². The molecular formula is C15H7N5O. The number of fused-ring (bicyclic) bond motifs is 2. The molecule has 0 unspecified atom stereocenters. The van der Waals surface area contributed by atoms with E-state index in [1.165, 1.54) is 11.9 Å². The van der Waals surface area contributed by atoms with Gasteiger partial charge in [0.15, 0.2) is 10.8 Å². The molecule has 0 bridgehead atoms. The number of nitrogens with zero attached hydrogens (tertiary/aromatic N) is 5. The third kappa shape index (κ3) is 0.855. The summed E-state index contributed by atoms with van der Waals surface area (Å²) in [6, 6.07) is 13.7. The van der Waals surface area contributed by atoms with Crippen molar-refractivity contribution in [3.63, 3.8) is 0 Å². The van der Waals surface area contributed by atoms with Crippen molar-refractivity contribution in [3.05, 3.63) is 29.8 Å². The number of rotatable bonds is 0. The van der Waals surface area contributed by atoms with E-state index in [0.717, 1.165) is 0 Å². The highest BCUT2D eigenvalue weighted by molar-refractivity contribution is 6.15. The van der Waals surface area contributed by atoms with Crippen LogP contribution in [-0.4, -0.2) is 13.0 Å². The van der Waals surface area contributed by atoms with Crippen molar-refractivity contribution < 1.29 is 4.79 Å². The first-order chi connectivity index (χ1) is 10.0. The molecule has 0 saturated heterocycles. The normalized spacial score (nSPS) is 21.6. The Kier molecular flexibility index (Phi) is 2.05. The lowest BCUT2D eigenvalue weighted by molar-refractivity contribution is -0.120. The zero-order valence-electron chi connectivity index (χ0n) is 11.0. The van der Waals surface area contributed by atoms with Crippen molar-refractivity contribution in [2.24, 2.45) is 10.8 Å². The van der Waals surface area contributed by atoms with Gasteiger partial charge in [-0.15, -0.1) is 0 Å². The van der Waals surface area contributed by atoms with Crippen LogP contribution in [0.15, 0.2) is 24.3 Å². The van der Waals surface area contributed by atoms with E-state index in [2.05, 4.69) is 0 Å². The maximum Gasteiger partial charge on any atom is 0.243 e. The first-order valence-corrected chi connectivity index (χ1v) is 6.07. The fourth-order valence-corrected chi connectivity index (χ4v) is 3.57. The van der Waals surface area contributed by atoms with E-state index in [4.69, 9.17) is 0 Å². The Morgan fingerprint density at radius 2 is 1.43 bits per heavy atom. The number of nitriles is 4. The highest BCUT2D eigenvalue weighted by atomic mass is 16.2. The molecule has 1 aliphatic carbocycles. The third-order valence-corrected chi connectivity index (χ3v) is 4.59. The summed E-state index contributed by atoms with van der Waals surface area (Å²) in [4.78, 5) is 14.0. The predicted molar refractivity (Wildman–Crippen MR) is 68.8 cm³/mol. The van der Waals surface area contributed by atoms with Crippen LogP contribution in [0.4, 0.5) is 5.69 Å². The standard InChI is InChI=1S/C15H7N5O/c1-20-11-5-3-2-4-10(11)15(12(20)21)13(6-16,7-17)14(15,8-18)9-19/h2-5H,1H3. The largest absolute Gasteiger partial charge is 0.314 e. The van der Waals surface area contributed by atoms with Crippen LogP contribution in [0, 0.1) is 56.2 Å². The third-order valence-electron chi connectivity index (χ3n) is 4.59. The molecule has 1 aromatic carbocycles. The molecule has 98 valence electrons. The van der Waals surface area contributed by atoms with Crippen LogP contribution in [0.25, 0.3) is 0 Å². The summed E-state index contributed by atoms with van der Waals surface area (Å²) in [5.74, 6) is -0.560. The molecule has 1 amide bonds. The average Bonchev–Trinajstić information content (AvgIpc) is 3.01. The minimum Gasteiger partial charge on any atom is -0.314 e. The van der Waals surface area contributed by atoms with Gasteiger partial charge in [0.2, 0.25) is 5.91 Å². The number of anilines is 1. The maximum absolute atomic E-state index is 12.7. The first-order valence-electron chi connectivity index (χ1n) is 6.07. The van der Waals surface area contributed by atoms with Crippen LogP contribution in [0.2, 0.25) is 0 Å². The Morgan fingerprint density at radius 3 is 1.90 bits per heavy atom. The molecule has 1 aromatic rings. The lowest BCUT2D eigenvalue weighted by Gasteiger charge is -2.10. The number of likely N-dealkylation sites (N-methyl/N-ethyl adjacent to an activating group) is 1. The zero-order valence-corrected chi connectivity index (χ0v) is 11.0. The molecule has 1 heterocycles. The molecule has 1 fully saturated rings. The number of hydrogen-bond acceptors (Lipinski definition) is 5. The number of amides is 1. The Labute approximate surface area is 120 Å². The zero-order chi connectivity index (χ0) is 15.5. The van der Waals surface area contributed by atoms with Crippen LogP contribution in [0.3, 0.4) is 0 Å². The summed E-state index contributed by atoms with van der Waals surface area (Å²) in [7, 11) is 1.51. The van der Waals surface area contributed by atoms with Crippen LogP contribution in [-0.2, 0) is 10.2 Å². The van der Waals surface area contributed by atoms with Gasteiger partial charge >= 0.3 is 0 Å². The second kappa shape index (κ2) is 3.40. The van der Waals surface area contributed by atoms with E-state index in [0.29, 0.717) is 11.3 Å². The van der Waals surface area contributed by atoms with Gasteiger partial charge in [-0.3, -0.25) is 4.79 Å². The van der Waals surface area contributed by atoms with Crippen molar-refractivity contribution in [2.45, 2.75) is 5.41 Å². The SMILES string of the molecule is CN1C(=O)C2(c3ccccc31)C(C#N)(C#N)C2(C#N)C#N. The van der Waals surface area contributed by atoms with Crippen molar-refractivity contribution in [1.29, 1.82) is 21.0 Å². The highest BCUT2D eigenvalue weighted by Crippen LogP contribution is 2.80. The van der Waals surface area contributed by atoms with E-state index in [1.54, 1.807) is 48.5 Å². The number of benzene rings is 1. The van der Waals surface area contributed by atoms with E-state index in [9.17, 15) is 25.8 Å². The lowest BCUT2D eigenvalue weighted by atomic mass is 9.87. The molecule has 1 spiro atoms. The molecule has 3 rings (SSSR count). The van der Waals surface area contributed by atoms with E-state index >= 15 is 0 Å². The summed E-state index contributed by atoms with van der Waals surface area (Å²) < 4.78 is 0. The fourth-order valence-electron chi connectivity index (χ4n) is 3.57. The Bertz CT molecular complexity index is 792. The summed E-state index contributed by atoms with van der Waals surface area (Å²) in [6.45, 7) is 0. The van der Waals surface area contributed by atoms with Gasteiger partial charge in [-0.25, -0.2) is 0 Å². The molecule has 6 nitrogen and oxygen atoms in total. The quantitative estimate of drug-likeness (QED) is 0.698. The summed E-state index contributed by atoms with van der Waals surface area (Å²) >= 11 is 0. The minimum atomic E-state index is -1.98. The van der Waals surface area contributed by atoms with E-state index in [-0.39, 0.29) is 0 Å². The summed E-state index contributed by atoms with van der Waals surface area (Å²) in [5.41, 5.74) is -4.78. The molecule has 0 atom stereocenters. The minimum absolute atomic E-state index is 0.392. The van der Waals surface area contributed by atoms with Crippen molar-refractivity contribution in [1.82, 2.24) is 0 Å². The monoisotopic (exact) mass is 273 g/mol. The van der Waals surface area contributed by atoms with Crippen molar-refractivity contribution in [3.8, 4) is 24.3 Å². The lowest BCUT2D eigenvalue weighted by Crippen LogP contribution is -2.33. The van der Waals surface area contributed by atoms with Gasteiger partial charge in [-0.2, -0.15) is 21.0 Å². The second-order valence-electron chi connectivity index (χ2n) is 5.08. The Balaban J connectivity index is 2.48. The molecule has 2 aliphatic rings. The van der Waals surface area contributed by atoms with Gasteiger partial charge in [0.05, 0.1) is 24.3 Å². The fraction of sp³-hybridized carbons (Fsp3) is 0.267. The highest BCUT2D eigenvalue weighted by Gasteiger charge is 2.97. The van der Waals surface area contributed by atoms with E-state index < -0.39 is 22.2 Å². The molecule has 1 aliphatic heterocycles. The molecule has 0 radical (unpaired) electrons. The van der Waals surface area contributed by atoms with Gasteiger partial charge < -0.3 is 4.90 Å². The van der Waals surface area contributed by atoms with Gasteiger partial charge in [-0.05, 0) is 11.6 Å². The van der Waals surface area contributed by atoms with Gasteiger partial charge in [0, 0.05) is 12.7 Å². The average molecular weight is 273 g/mol. The first kappa shape index (κ1) is 12.7. The number of hydrogen-bond donors (Lipinski definition) is 0. The Morgan fingerprint density at radius 1 is 0.952 bits per heavy atom. The molecular weight excluding hydrogens is 266 g/mol. The van der Waals surface area contributed by atoms with Crippen molar-refractivity contribution >= 4 is 11.6 Å². The molecule has 0 N–H and O–H groups in total. The van der Waals surface area contributed by atoms with Crippen LogP contribution in [0.5, 0.6) is 0 Å². The van der Waals surface area contributed by atoms with Crippen molar-refractivity contribution in [2.75, 3.05) is 11.9 Å². The molecule has 6 heteroatoms. The predicted octanol–water partition coefficient (Wildman–Crippen LogP) is 0.982. The summed E-state index contributed by atoms with van der Waals surface area (Å²) in [6.07, 6.45) is 0. The molecule has 21 heavy (non-hydrogen) atoms. The number of carbonyl (C=O) groups excluding carboxylic acids is 1. The number of para-hydroxylation sites is 1. The topological polar surface area (TPSA) is 115 Å². The maximum atomic E-state index is 12.7. The molecule has 1 saturated carbocycles. The van der Waals surface area contributed by atoms with Crippen LogP contribution < -0.4 is 4.90 Å². The van der Waals surface area contributed by atoms with E-state index in [1.807, 2.05) is 0 Å². The van der Waals surface area contributed by atoms with Gasteiger partial charge in [-0.1, -0.05) is 18.2 Å². The van der Waals surface area contributed by atoms with Crippen LogP contribution in [0.1, 0.15) is 5.56 Å². The van der Waals surface area contributed by atoms with Gasteiger partial charge in [0.1, 0.15) is 5.41 Å². The number of carbonyl (C=O) groups is 1. The van der Waals surface area contributed by atoms with Crippen LogP contribution >= 0.6 is 0 Å². The Hall–Kier alpha value is -3.35. The smallest absolute Gasteiger partial charge is 0.243 e. The second-order valence-corrected chi connectivity index (χ2v) is 5.08.